The number of aliphatic carboxylic acids is 1. The number of carbonyl (C=O) groups excluding carboxylic acids is 2. The molecule has 33 heavy (non-hydrogen) atoms. The lowest BCUT2D eigenvalue weighted by molar-refractivity contribution is -0.137. The molecular weight excluding hydrogens is 432 g/mol. The van der Waals surface area contributed by atoms with Crippen LogP contribution in [0.1, 0.15) is 20.7 Å². The molecule has 2 aromatic carbocycles. The van der Waals surface area contributed by atoms with E-state index in [1.807, 2.05) is 0 Å². The van der Waals surface area contributed by atoms with Gasteiger partial charge in [-0.3, -0.25) is 14.4 Å². The van der Waals surface area contributed by atoms with Gasteiger partial charge in [0, 0.05) is 11.8 Å². The number of aromatic nitrogens is 2. The Labute approximate surface area is 187 Å². The fourth-order valence-corrected chi connectivity index (χ4v) is 2.88. The normalized spacial score (nSPS) is 10.3. The predicted octanol–water partition coefficient (Wildman–Crippen LogP) is 1.18. The minimum Gasteiger partial charge on any atom is -0.497 e. The monoisotopic (exact) mass is 452 g/mol. The van der Waals surface area contributed by atoms with Crippen molar-refractivity contribution in [3.63, 3.8) is 0 Å². The van der Waals surface area contributed by atoms with Gasteiger partial charge in [0.2, 0.25) is 5.91 Å². The van der Waals surface area contributed by atoms with Crippen LogP contribution in [0.4, 0.5) is 0 Å². The zero-order valence-corrected chi connectivity index (χ0v) is 17.4. The topological polar surface area (TPSA) is 160 Å². The summed E-state index contributed by atoms with van der Waals surface area (Å²) in [5, 5.41) is 26.8. The Bertz CT molecular complexity index is 1180. The van der Waals surface area contributed by atoms with Gasteiger partial charge in [-0.25, -0.2) is 9.48 Å². The molecule has 3 rings (SSSR count). The maximum absolute atomic E-state index is 12.8. The summed E-state index contributed by atoms with van der Waals surface area (Å²) in [4.78, 5) is 46.2. The van der Waals surface area contributed by atoms with Crippen LogP contribution in [0.2, 0.25) is 0 Å². The van der Waals surface area contributed by atoms with Gasteiger partial charge in [-0.15, -0.1) is 0 Å². The van der Waals surface area contributed by atoms with Gasteiger partial charge in [0.05, 0.1) is 30.5 Å². The number of benzene rings is 2. The van der Waals surface area contributed by atoms with Gasteiger partial charge in [0.15, 0.2) is 0 Å². The highest BCUT2D eigenvalue weighted by Gasteiger charge is 2.20. The lowest BCUT2D eigenvalue weighted by Gasteiger charge is -2.06. The molecule has 0 radical (unpaired) electrons. The van der Waals surface area contributed by atoms with E-state index < -0.39 is 36.8 Å². The number of hydrogen-bond acceptors (Lipinski definition) is 6. The first-order valence-electron chi connectivity index (χ1n) is 9.63. The number of carboxylic acid groups (broad SMARTS) is 2. The Kier molecular flexibility index (Phi) is 7.03. The van der Waals surface area contributed by atoms with Crippen molar-refractivity contribution in [3.05, 3.63) is 65.9 Å². The van der Waals surface area contributed by atoms with E-state index in [0.717, 1.165) is 0 Å². The molecule has 3 aromatic rings. The lowest BCUT2D eigenvalue weighted by atomic mass is 10.1. The van der Waals surface area contributed by atoms with Crippen LogP contribution in [0.5, 0.6) is 5.75 Å². The molecule has 0 aliphatic carbocycles. The SMILES string of the molecule is COc1ccc(-c2nn(-c3ccc(C(=O)O)cc3)cc2C(=O)NCC(=O)NCC(=O)O)cc1. The average Bonchev–Trinajstić information content (AvgIpc) is 3.27. The first-order chi connectivity index (χ1) is 15.8. The van der Waals surface area contributed by atoms with E-state index in [0.29, 0.717) is 22.7 Å². The summed E-state index contributed by atoms with van der Waals surface area (Å²) in [6, 6.07) is 12.8. The van der Waals surface area contributed by atoms with E-state index >= 15 is 0 Å². The highest BCUT2D eigenvalue weighted by Crippen LogP contribution is 2.26. The lowest BCUT2D eigenvalue weighted by Crippen LogP contribution is -2.39. The van der Waals surface area contributed by atoms with Gasteiger partial charge >= 0.3 is 11.9 Å². The summed E-state index contributed by atoms with van der Waals surface area (Å²) in [6.07, 6.45) is 1.46. The molecule has 11 heteroatoms. The third-order valence-electron chi connectivity index (χ3n) is 4.55. The Hall–Kier alpha value is -4.67. The first kappa shape index (κ1) is 23.0. The van der Waals surface area contributed by atoms with Crippen LogP contribution < -0.4 is 15.4 Å². The van der Waals surface area contributed by atoms with Crippen LogP contribution in [0.3, 0.4) is 0 Å². The zero-order valence-electron chi connectivity index (χ0n) is 17.4. The smallest absolute Gasteiger partial charge is 0.335 e. The molecule has 0 bridgehead atoms. The highest BCUT2D eigenvalue weighted by molar-refractivity contribution is 6.01. The number of carboxylic acids is 2. The van der Waals surface area contributed by atoms with Crippen molar-refractivity contribution in [3.8, 4) is 22.7 Å². The van der Waals surface area contributed by atoms with Crippen molar-refractivity contribution in [1.82, 2.24) is 20.4 Å². The minimum atomic E-state index is -1.20. The van der Waals surface area contributed by atoms with Gasteiger partial charge < -0.3 is 25.6 Å². The second-order valence-electron chi connectivity index (χ2n) is 6.77. The molecule has 0 unspecified atom stereocenters. The fraction of sp³-hybridized carbons (Fsp3) is 0.136. The number of rotatable bonds is 9. The van der Waals surface area contributed by atoms with Crippen molar-refractivity contribution < 1.29 is 34.1 Å². The van der Waals surface area contributed by atoms with Crippen molar-refractivity contribution in [2.75, 3.05) is 20.2 Å². The van der Waals surface area contributed by atoms with Crippen LogP contribution in [-0.4, -0.2) is 63.9 Å². The molecular formula is C22H20N4O7. The standard InChI is InChI=1S/C22H20N4O7/c1-33-16-8-4-13(5-9-16)20-17(21(30)24-10-18(27)23-11-19(28)29)12-26(25-20)15-6-2-14(3-7-15)22(31)32/h2-9,12H,10-11H2,1H3,(H,23,27)(H,24,30)(H,28,29)(H,31,32). The second-order valence-corrected chi connectivity index (χ2v) is 6.77. The van der Waals surface area contributed by atoms with Gasteiger partial charge in [-0.2, -0.15) is 5.10 Å². The van der Waals surface area contributed by atoms with Crippen LogP contribution in [0.15, 0.2) is 54.7 Å². The molecule has 0 aliphatic rings. The maximum Gasteiger partial charge on any atom is 0.335 e. The molecule has 0 saturated heterocycles. The molecule has 170 valence electrons. The maximum atomic E-state index is 12.8. The summed E-state index contributed by atoms with van der Waals surface area (Å²) in [5.74, 6) is -2.91. The first-order valence-corrected chi connectivity index (χ1v) is 9.63. The van der Waals surface area contributed by atoms with Crippen molar-refractivity contribution in [1.29, 1.82) is 0 Å². The van der Waals surface area contributed by atoms with Gasteiger partial charge in [0.1, 0.15) is 18.0 Å². The van der Waals surface area contributed by atoms with E-state index in [4.69, 9.17) is 14.9 Å². The van der Waals surface area contributed by atoms with Crippen molar-refractivity contribution >= 4 is 23.8 Å². The molecule has 0 spiro atoms. The van der Waals surface area contributed by atoms with Crippen LogP contribution in [0, 0.1) is 0 Å². The molecule has 0 saturated carbocycles. The molecule has 1 heterocycles. The predicted molar refractivity (Wildman–Crippen MR) is 115 cm³/mol. The largest absolute Gasteiger partial charge is 0.497 e. The number of nitrogens with one attached hydrogen (secondary N) is 2. The minimum absolute atomic E-state index is 0.103. The number of nitrogens with zero attached hydrogens (tertiary/aromatic N) is 2. The van der Waals surface area contributed by atoms with Gasteiger partial charge in [-0.1, -0.05) is 0 Å². The van der Waals surface area contributed by atoms with E-state index in [9.17, 15) is 19.2 Å². The van der Waals surface area contributed by atoms with Crippen LogP contribution in [-0.2, 0) is 9.59 Å². The Morgan fingerprint density at radius 3 is 2.18 bits per heavy atom. The van der Waals surface area contributed by atoms with E-state index in [-0.39, 0.29) is 11.1 Å². The average molecular weight is 452 g/mol. The number of aromatic carboxylic acids is 1. The Morgan fingerprint density at radius 2 is 1.61 bits per heavy atom. The van der Waals surface area contributed by atoms with E-state index in [1.165, 1.54) is 30.1 Å². The molecule has 4 N–H and O–H groups in total. The molecule has 2 amide bonds. The van der Waals surface area contributed by atoms with E-state index in [2.05, 4.69) is 15.7 Å². The number of methoxy groups -OCH3 is 1. The molecule has 0 fully saturated rings. The summed E-state index contributed by atoms with van der Waals surface area (Å²) < 4.78 is 6.57. The number of ether oxygens (including phenoxy) is 1. The number of hydrogen-bond donors (Lipinski definition) is 4. The number of carbonyl (C=O) groups is 4. The molecule has 0 aliphatic heterocycles. The highest BCUT2D eigenvalue weighted by atomic mass is 16.5. The third kappa shape index (κ3) is 5.73. The summed E-state index contributed by atoms with van der Waals surface area (Å²) in [6.45, 7) is -0.983. The van der Waals surface area contributed by atoms with Gasteiger partial charge in [-0.05, 0) is 48.5 Å². The molecule has 11 nitrogen and oxygen atoms in total. The van der Waals surface area contributed by atoms with Gasteiger partial charge in [0.25, 0.3) is 5.91 Å². The Balaban J connectivity index is 1.90. The van der Waals surface area contributed by atoms with Crippen LogP contribution >= 0.6 is 0 Å². The Morgan fingerprint density at radius 1 is 0.939 bits per heavy atom. The van der Waals surface area contributed by atoms with Crippen LogP contribution in [0.25, 0.3) is 16.9 Å². The third-order valence-corrected chi connectivity index (χ3v) is 4.55. The molecule has 0 atom stereocenters. The fourth-order valence-electron chi connectivity index (χ4n) is 2.88. The molecule has 1 aromatic heterocycles. The van der Waals surface area contributed by atoms with Crippen molar-refractivity contribution in [2.24, 2.45) is 0 Å². The summed E-state index contributed by atoms with van der Waals surface area (Å²) >= 11 is 0. The zero-order chi connectivity index (χ0) is 24.0. The van der Waals surface area contributed by atoms with E-state index in [1.54, 1.807) is 36.4 Å². The summed E-state index contributed by atoms with van der Waals surface area (Å²) in [7, 11) is 1.53. The van der Waals surface area contributed by atoms with Crippen molar-refractivity contribution in [2.45, 2.75) is 0 Å². The number of amides is 2. The summed E-state index contributed by atoms with van der Waals surface area (Å²) in [5.41, 5.74) is 1.72. The second kappa shape index (κ2) is 10.1. The quantitative estimate of drug-likeness (QED) is 0.376.